The third kappa shape index (κ3) is 6.36. The van der Waals surface area contributed by atoms with Crippen LogP contribution in [0.15, 0.2) is 114 Å². The zero-order valence-electron chi connectivity index (χ0n) is 25.4. The summed E-state index contributed by atoms with van der Waals surface area (Å²) in [5.74, 6) is -0.183. The minimum atomic E-state index is -0.977. The maximum Gasteiger partial charge on any atom is 0.296 e. The van der Waals surface area contributed by atoms with E-state index in [9.17, 15) is 14.7 Å². The summed E-state index contributed by atoms with van der Waals surface area (Å²) in [5, 5.41) is 11.6. The Morgan fingerprint density at radius 1 is 0.891 bits per heavy atom. The molecule has 0 saturated carbocycles. The van der Waals surface area contributed by atoms with Crippen LogP contribution in [0.25, 0.3) is 16.3 Å². The van der Waals surface area contributed by atoms with Gasteiger partial charge < -0.3 is 19.3 Å². The van der Waals surface area contributed by atoms with Crippen LogP contribution in [0, 0.1) is 0 Å². The molecule has 8 nitrogen and oxygen atoms in total. The predicted molar refractivity (Wildman–Crippen MR) is 180 cm³/mol. The van der Waals surface area contributed by atoms with Crippen molar-refractivity contribution in [1.29, 1.82) is 0 Å². The molecule has 0 aliphatic carbocycles. The summed E-state index contributed by atoms with van der Waals surface area (Å²) in [7, 11) is 0. The maximum atomic E-state index is 13.8. The molecule has 0 spiro atoms. The third-order valence-corrected chi connectivity index (χ3v) is 8.40. The molecule has 0 radical (unpaired) electrons. The molecule has 1 aliphatic heterocycles. The molecule has 0 saturated heterocycles. The second kappa shape index (κ2) is 13.7. The lowest BCUT2D eigenvalue weighted by atomic mass is 9.95. The van der Waals surface area contributed by atoms with Crippen LogP contribution in [0.1, 0.15) is 36.6 Å². The van der Waals surface area contributed by atoms with Gasteiger partial charge in [0.1, 0.15) is 12.4 Å². The number of hydrogen-bond acceptors (Lipinski definition) is 8. The van der Waals surface area contributed by atoms with Gasteiger partial charge in [0.05, 0.1) is 35.0 Å². The van der Waals surface area contributed by atoms with Crippen LogP contribution in [0.4, 0.5) is 5.13 Å². The minimum absolute atomic E-state index is 0.0492. The first-order valence-corrected chi connectivity index (χ1v) is 15.8. The first-order chi connectivity index (χ1) is 22.5. The number of aromatic nitrogens is 1. The van der Waals surface area contributed by atoms with Crippen LogP contribution >= 0.6 is 11.3 Å². The van der Waals surface area contributed by atoms with Gasteiger partial charge in [-0.25, -0.2) is 4.98 Å². The lowest BCUT2D eigenvalue weighted by molar-refractivity contribution is -0.117. The van der Waals surface area contributed by atoms with E-state index in [4.69, 9.17) is 19.2 Å². The largest absolute Gasteiger partial charge is 0.503 e. The fraction of sp³-hybridized carbons (Fsp3) is 0.162. The summed E-state index contributed by atoms with van der Waals surface area (Å²) in [4.78, 5) is 33.7. The van der Waals surface area contributed by atoms with Gasteiger partial charge in [0.15, 0.2) is 28.2 Å². The minimum Gasteiger partial charge on any atom is -0.503 e. The number of benzene rings is 4. The molecule has 6 rings (SSSR count). The maximum absolute atomic E-state index is 13.8. The number of thiazole rings is 1. The van der Waals surface area contributed by atoms with Gasteiger partial charge in [0, 0.05) is 0 Å². The van der Waals surface area contributed by atoms with E-state index in [1.54, 1.807) is 24.3 Å². The van der Waals surface area contributed by atoms with Crippen molar-refractivity contribution in [3.05, 3.63) is 131 Å². The van der Waals surface area contributed by atoms with Gasteiger partial charge in [-0.2, -0.15) is 0 Å². The van der Waals surface area contributed by atoms with Crippen LogP contribution in [0.3, 0.4) is 0 Å². The summed E-state index contributed by atoms with van der Waals surface area (Å²) in [5.41, 5.74) is 2.97. The van der Waals surface area contributed by atoms with E-state index < -0.39 is 23.5 Å². The number of fused-ring (bicyclic) bond motifs is 1. The quantitative estimate of drug-likeness (QED) is 0.140. The van der Waals surface area contributed by atoms with E-state index in [2.05, 4.69) is 0 Å². The van der Waals surface area contributed by atoms with Crippen molar-refractivity contribution in [3.63, 3.8) is 0 Å². The van der Waals surface area contributed by atoms with Crippen LogP contribution in [-0.4, -0.2) is 35.0 Å². The molecule has 232 valence electrons. The summed E-state index contributed by atoms with van der Waals surface area (Å²) in [6.07, 6.45) is 3.03. The third-order valence-electron chi connectivity index (χ3n) is 7.39. The SMILES string of the molecule is CCOc1ccc2nc(N3C(=O)C(O)=C(C(=O)/C=C/c4ccccc4)C3c3ccc(OCc4ccccc4)c(OCC)c3)sc2c1. The van der Waals surface area contributed by atoms with Gasteiger partial charge in [0.25, 0.3) is 5.91 Å². The van der Waals surface area contributed by atoms with Gasteiger partial charge in [-0.15, -0.1) is 0 Å². The molecule has 1 atom stereocenters. The zero-order valence-corrected chi connectivity index (χ0v) is 26.2. The predicted octanol–water partition coefficient (Wildman–Crippen LogP) is 7.86. The Kier molecular flexibility index (Phi) is 9.12. The van der Waals surface area contributed by atoms with E-state index in [1.165, 1.54) is 22.3 Å². The van der Waals surface area contributed by atoms with Gasteiger partial charge in [-0.1, -0.05) is 84.1 Å². The van der Waals surface area contributed by atoms with Crippen LogP contribution < -0.4 is 19.1 Å². The highest BCUT2D eigenvalue weighted by Gasteiger charge is 2.45. The molecule has 1 unspecified atom stereocenters. The van der Waals surface area contributed by atoms with Crippen molar-refractivity contribution in [2.24, 2.45) is 0 Å². The van der Waals surface area contributed by atoms with Crippen molar-refractivity contribution >= 4 is 44.5 Å². The molecule has 1 aliphatic rings. The number of carbonyl (C=O) groups excluding carboxylic acids is 2. The lowest BCUT2D eigenvalue weighted by Gasteiger charge is -2.25. The Morgan fingerprint density at radius 2 is 1.63 bits per heavy atom. The topological polar surface area (TPSA) is 98.2 Å². The molecule has 5 aromatic rings. The number of anilines is 1. The number of aliphatic hydroxyl groups is 1. The van der Waals surface area contributed by atoms with Gasteiger partial charge in [-0.05, 0) is 66.9 Å². The molecular weight excluding hydrogens is 600 g/mol. The van der Waals surface area contributed by atoms with Crippen molar-refractivity contribution < 1.29 is 28.9 Å². The number of hydrogen-bond donors (Lipinski definition) is 1. The van der Waals surface area contributed by atoms with Crippen LogP contribution in [0.2, 0.25) is 0 Å². The number of aliphatic hydroxyl groups excluding tert-OH is 1. The zero-order chi connectivity index (χ0) is 32.0. The van der Waals surface area contributed by atoms with Crippen molar-refractivity contribution in [2.75, 3.05) is 18.1 Å². The monoisotopic (exact) mass is 632 g/mol. The second-order valence-electron chi connectivity index (χ2n) is 10.4. The van der Waals surface area contributed by atoms with E-state index in [0.29, 0.717) is 53.3 Å². The van der Waals surface area contributed by atoms with Gasteiger partial charge >= 0.3 is 0 Å². The molecule has 0 bridgehead atoms. The number of amides is 1. The molecule has 1 aromatic heterocycles. The number of ketones is 1. The fourth-order valence-electron chi connectivity index (χ4n) is 5.27. The van der Waals surface area contributed by atoms with Crippen molar-refractivity contribution in [1.82, 2.24) is 4.98 Å². The molecule has 46 heavy (non-hydrogen) atoms. The molecule has 1 amide bonds. The van der Waals surface area contributed by atoms with E-state index in [1.807, 2.05) is 92.7 Å². The standard InChI is InChI=1S/C37H32N2O6S/c1-3-43-27-17-18-28-32(22-27)46-37(38-28)39-34(33(35(41)36(39)42)29(40)19-15-24-11-7-5-8-12-24)26-16-20-30(31(21-26)44-4-2)45-23-25-13-9-6-10-14-25/h5-22,34,41H,3-4,23H2,1-2H3/b19-15+. The summed E-state index contributed by atoms with van der Waals surface area (Å²) in [6.45, 7) is 4.98. The van der Waals surface area contributed by atoms with Gasteiger partial charge in [0.2, 0.25) is 0 Å². The van der Waals surface area contributed by atoms with E-state index >= 15 is 0 Å². The molecule has 4 aromatic carbocycles. The van der Waals surface area contributed by atoms with E-state index in [0.717, 1.165) is 15.8 Å². The van der Waals surface area contributed by atoms with Crippen molar-refractivity contribution in [2.45, 2.75) is 26.5 Å². The summed E-state index contributed by atoms with van der Waals surface area (Å²) in [6, 6.07) is 28.9. The molecular formula is C37H32N2O6S. The number of allylic oxidation sites excluding steroid dienone is 1. The number of rotatable bonds is 12. The smallest absolute Gasteiger partial charge is 0.296 e. The highest BCUT2D eigenvalue weighted by atomic mass is 32.1. The molecule has 1 N–H and O–H groups in total. The Hall–Kier alpha value is -5.41. The average molecular weight is 633 g/mol. The first-order valence-electron chi connectivity index (χ1n) is 15.0. The average Bonchev–Trinajstić information content (AvgIpc) is 3.61. The van der Waals surface area contributed by atoms with Gasteiger partial charge in [-0.3, -0.25) is 14.5 Å². The van der Waals surface area contributed by atoms with Crippen molar-refractivity contribution in [3.8, 4) is 17.2 Å². The number of carbonyl (C=O) groups is 2. The highest BCUT2D eigenvalue weighted by molar-refractivity contribution is 7.22. The Morgan fingerprint density at radius 3 is 2.37 bits per heavy atom. The van der Waals surface area contributed by atoms with E-state index in [-0.39, 0.29) is 5.57 Å². The number of nitrogens with zero attached hydrogens (tertiary/aromatic N) is 2. The normalized spacial score (nSPS) is 14.8. The fourth-order valence-corrected chi connectivity index (χ4v) is 6.29. The Bertz CT molecular complexity index is 1930. The number of ether oxygens (including phenoxy) is 3. The Balaban J connectivity index is 1.42. The lowest BCUT2D eigenvalue weighted by Crippen LogP contribution is -2.30. The van der Waals surface area contributed by atoms with Crippen LogP contribution in [0.5, 0.6) is 17.2 Å². The molecule has 2 heterocycles. The Labute approximate surface area is 270 Å². The molecule has 9 heteroatoms. The second-order valence-corrected chi connectivity index (χ2v) is 11.4. The summed E-state index contributed by atoms with van der Waals surface area (Å²) >= 11 is 1.28. The molecule has 0 fully saturated rings. The highest BCUT2D eigenvalue weighted by Crippen LogP contribution is 2.45. The summed E-state index contributed by atoms with van der Waals surface area (Å²) < 4.78 is 18.5. The van der Waals surface area contributed by atoms with Crippen LogP contribution in [-0.2, 0) is 16.2 Å². The first kappa shape index (κ1) is 30.6.